The molecule has 1 aliphatic rings. The van der Waals surface area contributed by atoms with Crippen LogP contribution in [0.1, 0.15) is 38.7 Å². The molecule has 19 heavy (non-hydrogen) atoms. The third kappa shape index (κ3) is 3.79. The van der Waals surface area contributed by atoms with Gasteiger partial charge in [-0.15, -0.1) is 0 Å². The molecule has 0 aromatic heterocycles. The number of aliphatic hydroxyl groups excluding tert-OH is 1. The average Bonchev–Trinajstić information content (AvgIpc) is 2.36. The maximum atomic E-state index is 13.8. The van der Waals surface area contributed by atoms with Crippen molar-refractivity contribution < 1.29 is 9.50 Å². The first-order chi connectivity index (χ1) is 8.97. The van der Waals surface area contributed by atoms with E-state index in [0.29, 0.717) is 23.8 Å². The van der Waals surface area contributed by atoms with E-state index in [-0.39, 0.29) is 17.8 Å². The zero-order valence-electron chi connectivity index (χ0n) is 11.6. The standard InChI is InChI=1S/C16H22BrFO/c1-10(2)11-3-6-16(19)13(7-11)8-12-9-14(17)4-5-15(12)18/h4-5,9-11,13,16,19H,3,6-8H2,1-2H3. The van der Waals surface area contributed by atoms with E-state index in [2.05, 4.69) is 29.8 Å². The van der Waals surface area contributed by atoms with Gasteiger partial charge in [0.15, 0.2) is 0 Å². The van der Waals surface area contributed by atoms with Crippen LogP contribution in [0.5, 0.6) is 0 Å². The van der Waals surface area contributed by atoms with E-state index in [1.807, 2.05) is 6.07 Å². The summed E-state index contributed by atoms with van der Waals surface area (Å²) >= 11 is 3.38. The van der Waals surface area contributed by atoms with Gasteiger partial charge in [-0.25, -0.2) is 4.39 Å². The highest BCUT2D eigenvalue weighted by Crippen LogP contribution is 2.36. The maximum absolute atomic E-state index is 13.8. The zero-order chi connectivity index (χ0) is 14.0. The van der Waals surface area contributed by atoms with Crippen molar-refractivity contribution in [3.63, 3.8) is 0 Å². The van der Waals surface area contributed by atoms with Crippen molar-refractivity contribution in [1.29, 1.82) is 0 Å². The summed E-state index contributed by atoms with van der Waals surface area (Å²) in [6, 6.07) is 5.04. The van der Waals surface area contributed by atoms with Crippen LogP contribution in [0, 0.1) is 23.6 Å². The molecule has 1 nitrogen and oxygen atoms in total. The lowest BCUT2D eigenvalue weighted by molar-refractivity contribution is 0.0375. The van der Waals surface area contributed by atoms with Crippen molar-refractivity contribution in [1.82, 2.24) is 0 Å². The van der Waals surface area contributed by atoms with Crippen LogP contribution in [0.3, 0.4) is 0 Å². The summed E-state index contributed by atoms with van der Waals surface area (Å²) in [5, 5.41) is 10.2. The second kappa shape index (κ2) is 6.36. The van der Waals surface area contributed by atoms with E-state index in [1.165, 1.54) is 6.07 Å². The monoisotopic (exact) mass is 328 g/mol. The Morgan fingerprint density at radius 1 is 1.37 bits per heavy atom. The molecule has 0 radical (unpaired) electrons. The molecule has 3 atom stereocenters. The molecule has 2 rings (SSSR count). The molecule has 1 aromatic rings. The Labute approximate surface area is 123 Å². The number of benzene rings is 1. The van der Waals surface area contributed by atoms with Crippen LogP contribution >= 0.6 is 15.9 Å². The van der Waals surface area contributed by atoms with Gasteiger partial charge in [-0.05, 0) is 67.2 Å². The van der Waals surface area contributed by atoms with Gasteiger partial charge >= 0.3 is 0 Å². The average molecular weight is 329 g/mol. The van der Waals surface area contributed by atoms with Crippen molar-refractivity contribution in [2.45, 2.75) is 45.6 Å². The summed E-state index contributed by atoms with van der Waals surface area (Å²) in [5.74, 6) is 1.32. The maximum Gasteiger partial charge on any atom is 0.126 e. The minimum absolute atomic E-state index is 0.165. The fraction of sp³-hybridized carbons (Fsp3) is 0.625. The normalized spacial score (nSPS) is 27.8. The Kier molecular flexibility index (Phi) is 5.02. The van der Waals surface area contributed by atoms with E-state index in [4.69, 9.17) is 0 Å². The van der Waals surface area contributed by atoms with Crippen molar-refractivity contribution >= 4 is 15.9 Å². The molecule has 106 valence electrons. The smallest absolute Gasteiger partial charge is 0.126 e. The third-order valence-corrected chi connectivity index (χ3v) is 4.91. The van der Waals surface area contributed by atoms with E-state index >= 15 is 0 Å². The summed E-state index contributed by atoms with van der Waals surface area (Å²) in [4.78, 5) is 0. The molecule has 0 bridgehead atoms. The van der Waals surface area contributed by atoms with Crippen LogP contribution in [0.4, 0.5) is 4.39 Å². The molecule has 0 saturated heterocycles. The first-order valence-corrected chi connectivity index (χ1v) is 7.88. The first kappa shape index (κ1) is 15.0. The number of aliphatic hydroxyl groups is 1. The van der Waals surface area contributed by atoms with Gasteiger partial charge in [-0.1, -0.05) is 29.8 Å². The molecule has 0 amide bonds. The lowest BCUT2D eigenvalue weighted by Crippen LogP contribution is -2.32. The van der Waals surface area contributed by atoms with Crippen LogP contribution in [-0.4, -0.2) is 11.2 Å². The fourth-order valence-corrected chi connectivity index (χ4v) is 3.50. The topological polar surface area (TPSA) is 20.2 Å². The lowest BCUT2D eigenvalue weighted by atomic mass is 9.73. The van der Waals surface area contributed by atoms with E-state index in [1.54, 1.807) is 6.07 Å². The van der Waals surface area contributed by atoms with Gasteiger partial charge in [-0.2, -0.15) is 0 Å². The molecule has 1 N–H and O–H groups in total. The highest BCUT2D eigenvalue weighted by atomic mass is 79.9. The van der Waals surface area contributed by atoms with Gasteiger partial charge in [-0.3, -0.25) is 0 Å². The molecule has 3 unspecified atom stereocenters. The largest absolute Gasteiger partial charge is 0.393 e. The Hall–Kier alpha value is -0.410. The highest BCUT2D eigenvalue weighted by molar-refractivity contribution is 9.10. The van der Waals surface area contributed by atoms with Gasteiger partial charge in [0.25, 0.3) is 0 Å². The summed E-state index contributed by atoms with van der Waals surface area (Å²) in [6.07, 6.45) is 3.30. The molecular weight excluding hydrogens is 307 g/mol. The van der Waals surface area contributed by atoms with Gasteiger partial charge in [0.05, 0.1) is 6.10 Å². The molecule has 1 fully saturated rings. The Morgan fingerprint density at radius 2 is 2.11 bits per heavy atom. The highest BCUT2D eigenvalue weighted by Gasteiger charge is 2.31. The molecule has 0 heterocycles. The van der Waals surface area contributed by atoms with Crippen LogP contribution in [0.2, 0.25) is 0 Å². The molecule has 0 aliphatic heterocycles. The second-order valence-electron chi connectivity index (χ2n) is 6.08. The van der Waals surface area contributed by atoms with Gasteiger partial charge < -0.3 is 5.11 Å². The lowest BCUT2D eigenvalue weighted by Gasteiger charge is -2.35. The molecule has 3 heteroatoms. The quantitative estimate of drug-likeness (QED) is 0.862. The number of rotatable bonds is 3. The second-order valence-corrected chi connectivity index (χ2v) is 7.00. The molecule has 1 aromatic carbocycles. The minimum Gasteiger partial charge on any atom is -0.393 e. The van der Waals surface area contributed by atoms with Crippen molar-refractivity contribution in [2.24, 2.45) is 17.8 Å². The van der Waals surface area contributed by atoms with Crippen molar-refractivity contribution in [2.75, 3.05) is 0 Å². The van der Waals surface area contributed by atoms with Gasteiger partial charge in [0.2, 0.25) is 0 Å². The van der Waals surface area contributed by atoms with Crippen molar-refractivity contribution in [3.05, 3.63) is 34.1 Å². The van der Waals surface area contributed by atoms with E-state index in [9.17, 15) is 9.50 Å². The minimum atomic E-state index is -0.284. The van der Waals surface area contributed by atoms with Gasteiger partial charge in [0, 0.05) is 4.47 Å². The first-order valence-electron chi connectivity index (χ1n) is 7.09. The van der Waals surface area contributed by atoms with Gasteiger partial charge in [0.1, 0.15) is 5.82 Å². The fourth-order valence-electron chi connectivity index (χ4n) is 3.09. The number of hydrogen-bond donors (Lipinski definition) is 1. The summed E-state index contributed by atoms with van der Waals surface area (Å²) in [5.41, 5.74) is 0.711. The number of halogens is 2. The molecule has 0 spiro atoms. The zero-order valence-corrected chi connectivity index (χ0v) is 13.2. The third-order valence-electron chi connectivity index (χ3n) is 4.42. The molecule has 1 saturated carbocycles. The van der Waals surface area contributed by atoms with Crippen LogP contribution < -0.4 is 0 Å². The molecular formula is C16H22BrFO. The Balaban J connectivity index is 2.09. The number of hydrogen-bond acceptors (Lipinski definition) is 1. The predicted octanol–water partition coefficient (Wildman–Crippen LogP) is 4.56. The summed E-state index contributed by atoms with van der Waals surface area (Å²) in [6.45, 7) is 4.47. The summed E-state index contributed by atoms with van der Waals surface area (Å²) in [7, 11) is 0. The van der Waals surface area contributed by atoms with E-state index in [0.717, 1.165) is 23.7 Å². The molecule has 1 aliphatic carbocycles. The summed E-state index contributed by atoms with van der Waals surface area (Å²) < 4.78 is 14.7. The van der Waals surface area contributed by atoms with E-state index < -0.39 is 0 Å². The van der Waals surface area contributed by atoms with Crippen molar-refractivity contribution in [3.8, 4) is 0 Å². The Morgan fingerprint density at radius 3 is 2.79 bits per heavy atom. The van der Waals surface area contributed by atoms with Crippen LogP contribution in [0.15, 0.2) is 22.7 Å². The Bertz CT molecular complexity index is 433. The SMILES string of the molecule is CC(C)C1CCC(O)C(Cc2cc(Br)ccc2F)C1. The van der Waals surface area contributed by atoms with Crippen LogP contribution in [0.25, 0.3) is 0 Å². The predicted molar refractivity (Wildman–Crippen MR) is 79.5 cm³/mol. The van der Waals surface area contributed by atoms with Crippen LogP contribution in [-0.2, 0) is 6.42 Å².